The zero-order valence-corrected chi connectivity index (χ0v) is 17.1. The van der Waals surface area contributed by atoms with Gasteiger partial charge in [-0.2, -0.15) is 0 Å². The Morgan fingerprint density at radius 1 is 1.24 bits per heavy atom. The van der Waals surface area contributed by atoms with E-state index in [0.29, 0.717) is 28.8 Å². The molecule has 2 unspecified atom stereocenters. The van der Waals surface area contributed by atoms with Crippen LogP contribution in [0.5, 0.6) is 5.75 Å². The van der Waals surface area contributed by atoms with Crippen LogP contribution in [0.15, 0.2) is 18.2 Å². The second-order valence-electron chi connectivity index (χ2n) is 6.74. The average Bonchev–Trinajstić information content (AvgIpc) is 2.50. The first kappa shape index (κ1) is 24.0. The van der Waals surface area contributed by atoms with E-state index >= 15 is 0 Å². The van der Waals surface area contributed by atoms with E-state index in [0.717, 1.165) is 0 Å². The minimum Gasteiger partial charge on any atom is -0.489 e. The lowest BCUT2D eigenvalue weighted by Crippen LogP contribution is -2.43. The van der Waals surface area contributed by atoms with Crippen LogP contribution >= 0.6 is 24.0 Å². The van der Waals surface area contributed by atoms with Gasteiger partial charge in [0.1, 0.15) is 18.5 Å². The fraction of sp³-hybridized carbons (Fsp3) is 0.611. The molecule has 1 aromatic carbocycles. The molecular formula is C18H30Cl2N2O3. The summed E-state index contributed by atoms with van der Waals surface area (Å²) in [4.78, 5) is 12.0. The van der Waals surface area contributed by atoms with Crippen LogP contribution in [0.3, 0.4) is 0 Å². The van der Waals surface area contributed by atoms with Crippen molar-refractivity contribution in [2.75, 3.05) is 13.2 Å². The largest absolute Gasteiger partial charge is 0.489 e. The summed E-state index contributed by atoms with van der Waals surface area (Å²) in [5.74, 6) is 0.676. The number of nitrogens with one attached hydrogen (secondary N) is 2. The van der Waals surface area contributed by atoms with Crippen molar-refractivity contribution in [1.29, 1.82) is 0 Å². The van der Waals surface area contributed by atoms with E-state index in [4.69, 9.17) is 16.3 Å². The van der Waals surface area contributed by atoms with E-state index in [9.17, 15) is 9.90 Å². The summed E-state index contributed by atoms with van der Waals surface area (Å²) in [6, 6.07) is 5.08. The van der Waals surface area contributed by atoms with Crippen LogP contribution in [0.2, 0.25) is 5.02 Å². The average molecular weight is 393 g/mol. The number of hydrogen-bond acceptors (Lipinski definition) is 4. The Balaban J connectivity index is 0.00000576. The molecule has 7 heteroatoms. The molecule has 1 rings (SSSR count). The van der Waals surface area contributed by atoms with Crippen molar-refractivity contribution in [2.45, 2.75) is 52.8 Å². The number of carbonyl (C=O) groups is 1. The molecule has 1 amide bonds. The Hall–Kier alpha value is -1.01. The van der Waals surface area contributed by atoms with Gasteiger partial charge in [0, 0.05) is 24.2 Å². The molecule has 0 aliphatic rings. The number of amides is 1. The predicted octanol–water partition coefficient (Wildman–Crippen LogP) is 3.27. The molecule has 0 bridgehead atoms. The lowest BCUT2D eigenvalue weighted by atomic mass is 10.1. The summed E-state index contributed by atoms with van der Waals surface area (Å²) in [6.07, 6.45) is -0.655. The molecule has 0 aliphatic carbocycles. The standard InChI is InChI=1S/C18H29ClN2O3.ClH/c1-11(2)9-20-18(23)14-6-7-17(15(19)8-14)24-10-16(22)13(5)21-12(3)4;/h6-8,11-13,16,21-22H,9-10H2,1-5H3,(H,20,23);1H. The van der Waals surface area contributed by atoms with Crippen LogP contribution in [-0.2, 0) is 0 Å². The van der Waals surface area contributed by atoms with E-state index in [-0.39, 0.29) is 37.0 Å². The van der Waals surface area contributed by atoms with Crippen molar-refractivity contribution in [3.63, 3.8) is 0 Å². The topological polar surface area (TPSA) is 70.6 Å². The molecule has 0 spiro atoms. The highest BCUT2D eigenvalue weighted by atomic mass is 35.5. The SMILES string of the molecule is CC(C)CNC(=O)c1ccc(OCC(O)C(C)NC(C)C)c(Cl)c1.Cl. The smallest absolute Gasteiger partial charge is 0.251 e. The summed E-state index contributed by atoms with van der Waals surface area (Å²) >= 11 is 6.18. The van der Waals surface area contributed by atoms with Crippen LogP contribution in [0.1, 0.15) is 45.0 Å². The molecule has 0 saturated carbocycles. The highest BCUT2D eigenvalue weighted by molar-refractivity contribution is 6.32. The quantitative estimate of drug-likeness (QED) is 0.602. The summed E-state index contributed by atoms with van der Waals surface area (Å²) < 4.78 is 5.58. The van der Waals surface area contributed by atoms with Gasteiger partial charge in [0.2, 0.25) is 0 Å². The Bertz CT molecular complexity index is 539. The van der Waals surface area contributed by atoms with E-state index in [2.05, 4.69) is 10.6 Å². The number of rotatable bonds is 9. The van der Waals surface area contributed by atoms with Gasteiger partial charge in [0.25, 0.3) is 5.91 Å². The van der Waals surface area contributed by atoms with Gasteiger partial charge in [-0.15, -0.1) is 12.4 Å². The molecule has 0 radical (unpaired) electrons. The maximum atomic E-state index is 12.0. The molecule has 0 heterocycles. The maximum absolute atomic E-state index is 12.0. The highest BCUT2D eigenvalue weighted by Crippen LogP contribution is 2.25. The number of ether oxygens (including phenoxy) is 1. The number of hydrogen-bond donors (Lipinski definition) is 3. The molecule has 0 fully saturated rings. The Kier molecular flexibility index (Phi) is 11.1. The molecule has 3 N–H and O–H groups in total. The van der Waals surface area contributed by atoms with Crippen LogP contribution in [0.25, 0.3) is 0 Å². The summed E-state index contributed by atoms with van der Waals surface area (Å²) in [7, 11) is 0. The molecule has 25 heavy (non-hydrogen) atoms. The third-order valence-corrected chi connectivity index (χ3v) is 3.74. The van der Waals surface area contributed by atoms with E-state index in [1.165, 1.54) is 0 Å². The van der Waals surface area contributed by atoms with Gasteiger partial charge < -0.3 is 20.5 Å². The third-order valence-electron chi connectivity index (χ3n) is 3.45. The number of carbonyl (C=O) groups excluding carboxylic acids is 1. The van der Waals surface area contributed by atoms with Crippen LogP contribution < -0.4 is 15.4 Å². The van der Waals surface area contributed by atoms with Gasteiger partial charge in [0.15, 0.2) is 0 Å². The van der Waals surface area contributed by atoms with E-state index < -0.39 is 6.10 Å². The van der Waals surface area contributed by atoms with Crippen molar-refractivity contribution >= 4 is 29.9 Å². The summed E-state index contributed by atoms with van der Waals surface area (Å²) in [5.41, 5.74) is 0.489. The van der Waals surface area contributed by atoms with Gasteiger partial charge in [-0.25, -0.2) is 0 Å². The van der Waals surface area contributed by atoms with Crippen LogP contribution in [-0.4, -0.2) is 42.4 Å². The number of halogens is 2. The number of aliphatic hydroxyl groups excluding tert-OH is 1. The van der Waals surface area contributed by atoms with E-state index in [1.807, 2.05) is 34.6 Å². The Morgan fingerprint density at radius 3 is 2.40 bits per heavy atom. The maximum Gasteiger partial charge on any atom is 0.251 e. The molecule has 0 saturated heterocycles. The molecule has 0 aromatic heterocycles. The molecule has 1 aromatic rings. The fourth-order valence-corrected chi connectivity index (χ4v) is 2.35. The minimum atomic E-state index is -0.655. The first-order valence-corrected chi connectivity index (χ1v) is 8.73. The third kappa shape index (κ3) is 8.77. The van der Waals surface area contributed by atoms with Crippen molar-refractivity contribution in [3.8, 4) is 5.75 Å². The predicted molar refractivity (Wildman–Crippen MR) is 105 cm³/mol. The lowest BCUT2D eigenvalue weighted by Gasteiger charge is -2.23. The van der Waals surface area contributed by atoms with Crippen molar-refractivity contribution in [2.24, 2.45) is 5.92 Å². The van der Waals surface area contributed by atoms with Gasteiger partial charge in [0.05, 0.1) is 5.02 Å². The second kappa shape index (κ2) is 11.6. The van der Waals surface area contributed by atoms with Crippen molar-refractivity contribution in [1.82, 2.24) is 10.6 Å². The molecule has 5 nitrogen and oxygen atoms in total. The summed E-state index contributed by atoms with van der Waals surface area (Å²) in [6.45, 7) is 10.7. The number of aliphatic hydroxyl groups is 1. The van der Waals surface area contributed by atoms with Gasteiger partial charge >= 0.3 is 0 Å². The highest BCUT2D eigenvalue weighted by Gasteiger charge is 2.17. The first-order valence-electron chi connectivity index (χ1n) is 8.35. The summed E-state index contributed by atoms with van der Waals surface area (Å²) in [5, 5.41) is 16.5. The van der Waals surface area contributed by atoms with Crippen molar-refractivity contribution < 1.29 is 14.6 Å². The molecular weight excluding hydrogens is 363 g/mol. The van der Waals surface area contributed by atoms with Crippen LogP contribution in [0, 0.1) is 5.92 Å². The van der Waals surface area contributed by atoms with Crippen molar-refractivity contribution in [3.05, 3.63) is 28.8 Å². The van der Waals surface area contributed by atoms with Gasteiger partial charge in [-0.05, 0) is 31.0 Å². The van der Waals surface area contributed by atoms with Gasteiger partial charge in [-0.1, -0.05) is 39.3 Å². The van der Waals surface area contributed by atoms with Gasteiger partial charge in [-0.3, -0.25) is 4.79 Å². The first-order chi connectivity index (χ1) is 11.2. The molecule has 2 atom stereocenters. The monoisotopic (exact) mass is 392 g/mol. The zero-order valence-electron chi connectivity index (χ0n) is 15.5. The number of benzene rings is 1. The zero-order chi connectivity index (χ0) is 18.3. The van der Waals surface area contributed by atoms with Crippen LogP contribution in [0.4, 0.5) is 0 Å². The van der Waals surface area contributed by atoms with E-state index in [1.54, 1.807) is 18.2 Å². The molecule has 144 valence electrons. The normalized spacial score (nSPS) is 13.3. The minimum absolute atomic E-state index is 0. The Morgan fingerprint density at radius 2 is 1.88 bits per heavy atom. The molecule has 0 aliphatic heterocycles. The fourth-order valence-electron chi connectivity index (χ4n) is 2.11. The lowest BCUT2D eigenvalue weighted by molar-refractivity contribution is 0.0759. The Labute approximate surface area is 161 Å². The second-order valence-corrected chi connectivity index (χ2v) is 7.14.